The van der Waals surface area contributed by atoms with Gasteiger partial charge in [0.25, 0.3) is 0 Å². The maximum Gasteiger partial charge on any atom is 0.229 e. The maximum atomic E-state index is 12.2. The summed E-state index contributed by atoms with van der Waals surface area (Å²) in [5, 5.41) is 6.96. The van der Waals surface area contributed by atoms with Crippen LogP contribution in [0.4, 0.5) is 17.5 Å². The summed E-state index contributed by atoms with van der Waals surface area (Å²) in [5.74, 6) is 0.841. The number of halogens is 1. The van der Waals surface area contributed by atoms with Crippen molar-refractivity contribution in [2.75, 3.05) is 22.9 Å². The summed E-state index contributed by atoms with van der Waals surface area (Å²) >= 11 is 6.25. The molecule has 0 saturated carbocycles. The predicted octanol–water partition coefficient (Wildman–Crippen LogP) is 5.33. The first kappa shape index (κ1) is 22.6. The average Bonchev–Trinajstić information content (AvgIpc) is 2.69. The second-order valence-corrected chi connectivity index (χ2v) is 8.90. The minimum Gasteiger partial charge on any atom is -0.370 e. The highest BCUT2D eigenvalue weighted by Gasteiger charge is 2.21. The quantitative estimate of drug-likeness (QED) is 0.484. The Labute approximate surface area is 188 Å². The van der Waals surface area contributed by atoms with E-state index in [2.05, 4.69) is 20.6 Å². The first-order chi connectivity index (χ1) is 14.6. The van der Waals surface area contributed by atoms with Crippen molar-refractivity contribution >= 4 is 35.0 Å². The Morgan fingerprint density at radius 2 is 1.84 bits per heavy atom. The normalized spacial score (nSPS) is 11.3. The fourth-order valence-electron chi connectivity index (χ4n) is 3.04. The molecule has 6 nitrogen and oxygen atoms in total. The van der Waals surface area contributed by atoms with Crippen LogP contribution in [0.5, 0.6) is 0 Å². The number of nitrogens with two attached hydrogens (primary N) is 1. The van der Waals surface area contributed by atoms with E-state index in [-0.39, 0.29) is 11.9 Å². The third-order valence-corrected chi connectivity index (χ3v) is 5.28. The number of nitrogens with zero attached hydrogens (tertiary/aromatic N) is 2. The highest BCUT2D eigenvalue weighted by Crippen LogP contribution is 2.28. The van der Waals surface area contributed by atoms with E-state index in [1.807, 2.05) is 76.2 Å². The molecule has 0 aliphatic carbocycles. The first-order valence-corrected chi connectivity index (χ1v) is 10.6. The number of nitrogen functional groups attached to an aromatic ring is 1. The van der Waals surface area contributed by atoms with Gasteiger partial charge in [0.1, 0.15) is 5.82 Å². The van der Waals surface area contributed by atoms with Gasteiger partial charge in [0.2, 0.25) is 11.9 Å². The van der Waals surface area contributed by atoms with Crippen LogP contribution in [-0.4, -0.2) is 22.4 Å². The van der Waals surface area contributed by atoms with Crippen LogP contribution in [0.25, 0.3) is 11.3 Å². The minimum absolute atomic E-state index is 0.0110. The lowest BCUT2D eigenvalue weighted by molar-refractivity contribution is -0.123. The topological polar surface area (TPSA) is 92.9 Å². The van der Waals surface area contributed by atoms with E-state index in [9.17, 15) is 4.79 Å². The summed E-state index contributed by atoms with van der Waals surface area (Å²) < 4.78 is 0. The number of hydrogen-bond donors (Lipinski definition) is 3. The molecule has 0 aliphatic rings. The van der Waals surface area contributed by atoms with Crippen molar-refractivity contribution < 1.29 is 4.79 Å². The Hall–Kier alpha value is -3.12. The molecular weight excluding hydrogens is 410 g/mol. The average molecular weight is 438 g/mol. The summed E-state index contributed by atoms with van der Waals surface area (Å²) in [4.78, 5) is 20.9. The van der Waals surface area contributed by atoms with Crippen LogP contribution in [-0.2, 0) is 11.2 Å². The molecule has 162 valence electrons. The molecule has 3 rings (SSSR count). The number of anilines is 3. The van der Waals surface area contributed by atoms with Gasteiger partial charge in [-0.25, -0.2) is 4.98 Å². The van der Waals surface area contributed by atoms with E-state index in [1.165, 1.54) is 0 Å². The Balaban J connectivity index is 1.67. The van der Waals surface area contributed by atoms with E-state index in [0.29, 0.717) is 17.4 Å². The Kier molecular flexibility index (Phi) is 6.81. The number of carbonyl (C=O) groups is 1. The number of aromatic nitrogens is 2. The van der Waals surface area contributed by atoms with Gasteiger partial charge in [-0.3, -0.25) is 4.79 Å². The second kappa shape index (κ2) is 9.35. The summed E-state index contributed by atoms with van der Waals surface area (Å²) in [6, 6.07) is 15.4. The van der Waals surface area contributed by atoms with Gasteiger partial charge in [-0.1, -0.05) is 56.6 Å². The van der Waals surface area contributed by atoms with Crippen LogP contribution < -0.4 is 16.4 Å². The molecule has 0 saturated heterocycles. The molecule has 0 radical (unpaired) electrons. The second-order valence-electron chi connectivity index (χ2n) is 8.49. The molecule has 7 heteroatoms. The van der Waals surface area contributed by atoms with Crippen molar-refractivity contribution in [3.63, 3.8) is 0 Å². The van der Waals surface area contributed by atoms with E-state index in [1.54, 1.807) is 0 Å². The van der Waals surface area contributed by atoms with Crippen LogP contribution >= 0.6 is 11.6 Å². The number of carbonyl (C=O) groups excluding carboxylic acids is 1. The van der Waals surface area contributed by atoms with Crippen molar-refractivity contribution in [3.8, 4) is 11.3 Å². The molecule has 0 fully saturated rings. The molecule has 0 atom stereocenters. The molecule has 0 bridgehead atoms. The molecule has 2 aromatic carbocycles. The standard InChI is InChI=1S/C24H28ClN5O/c1-15-18(9-6-10-19(15)25)20-14-21(30-23(26)29-20)27-12-11-16-7-5-8-17(13-16)28-22(31)24(2,3)4/h5-10,13-14H,11-12H2,1-4H3,(H,28,31)(H3,26,27,29,30). The molecule has 4 N–H and O–H groups in total. The molecule has 0 spiro atoms. The van der Waals surface area contributed by atoms with Gasteiger partial charge in [-0.05, 0) is 42.7 Å². The lowest BCUT2D eigenvalue weighted by Crippen LogP contribution is -2.27. The summed E-state index contributed by atoms with van der Waals surface area (Å²) in [7, 11) is 0. The highest BCUT2D eigenvalue weighted by molar-refractivity contribution is 6.31. The van der Waals surface area contributed by atoms with Gasteiger partial charge in [0, 0.05) is 34.3 Å². The molecule has 1 heterocycles. The van der Waals surface area contributed by atoms with Gasteiger partial charge in [-0.2, -0.15) is 4.98 Å². The van der Waals surface area contributed by atoms with E-state index in [4.69, 9.17) is 17.3 Å². The molecule has 1 aromatic heterocycles. The summed E-state index contributed by atoms with van der Waals surface area (Å²) in [6.07, 6.45) is 0.759. The number of hydrogen-bond acceptors (Lipinski definition) is 5. The fourth-order valence-corrected chi connectivity index (χ4v) is 3.21. The highest BCUT2D eigenvalue weighted by atomic mass is 35.5. The number of nitrogens with one attached hydrogen (secondary N) is 2. The zero-order valence-corrected chi connectivity index (χ0v) is 19.0. The zero-order chi connectivity index (χ0) is 22.6. The minimum atomic E-state index is -0.441. The first-order valence-electron chi connectivity index (χ1n) is 10.2. The summed E-state index contributed by atoms with van der Waals surface area (Å²) in [5.41, 5.74) is 9.98. The Morgan fingerprint density at radius 1 is 1.10 bits per heavy atom. The van der Waals surface area contributed by atoms with Crippen LogP contribution in [0, 0.1) is 12.3 Å². The molecule has 0 unspecified atom stereocenters. The third-order valence-electron chi connectivity index (χ3n) is 4.87. The van der Waals surface area contributed by atoms with E-state index in [0.717, 1.165) is 34.5 Å². The molecule has 3 aromatic rings. The van der Waals surface area contributed by atoms with E-state index < -0.39 is 5.41 Å². The molecule has 0 aliphatic heterocycles. The molecule has 1 amide bonds. The van der Waals surface area contributed by atoms with Crippen LogP contribution in [0.2, 0.25) is 5.02 Å². The summed E-state index contributed by atoms with van der Waals surface area (Å²) in [6.45, 7) is 8.28. The Bertz CT molecular complexity index is 1090. The largest absolute Gasteiger partial charge is 0.370 e. The number of benzene rings is 2. The van der Waals surface area contributed by atoms with Gasteiger partial charge in [0.15, 0.2) is 0 Å². The lowest BCUT2D eigenvalue weighted by atomic mass is 9.95. The van der Waals surface area contributed by atoms with Gasteiger partial charge < -0.3 is 16.4 Å². The van der Waals surface area contributed by atoms with Crippen molar-refractivity contribution in [3.05, 3.63) is 64.7 Å². The van der Waals surface area contributed by atoms with Crippen molar-refractivity contribution in [2.24, 2.45) is 5.41 Å². The third kappa shape index (κ3) is 5.95. The Morgan fingerprint density at radius 3 is 2.58 bits per heavy atom. The van der Waals surface area contributed by atoms with Crippen molar-refractivity contribution in [2.45, 2.75) is 34.1 Å². The molecule has 31 heavy (non-hydrogen) atoms. The fraction of sp³-hybridized carbons (Fsp3) is 0.292. The van der Waals surface area contributed by atoms with E-state index >= 15 is 0 Å². The number of rotatable bonds is 6. The smallest absolute Gasteiger partial charge is 0.229 e. The van der Waals surface area contributed by atoms with Crippen LogP contribution in [0.15, 0.2) is 48.5 Å². The van der Waals surface area contributed by atoms with Gasteiger partial charge in [0.05, 0.1) is 5.69 Å². The van der Waals surface area contributed by atoms with Crippen LogP contribution in [0.1, 0.15) is 31.9 Å². The van der Waals surface area contributed by atoms with Gasteiger partial charge >= 0.3 is 0 Å². The predicted molar refractivity (Wildman–Crippen MR) is 128 cm³/mol. The van der Waals surface area contributed by atoms with Crippen molar-refractivity contribution in [1.82, 2.24) is 9.97 Å². The SMILES string of the molecule is Cc1c(Cl)cccc1-c1cc(NCCc2cccc(NC(=O)C(C)(C)C)c2)nc(N)n1. The monoisotopic (exact) mass is 437 g/mol. The zero-order valence-electron chi connectivity index (χ0n) is 18.3. The van der Waals surface area contributed by atoms with Gasteiger partial charge in [-0.15, -0.1) is 0 Å². The van der Waals surface area contributed by atoms with Crippen LogP contribution in [0.3, 0.4) is 0 Å². The molecular formula is C24H28ClN5O. The number of amides is 1. The maximum absolute atomic E-state index is 12.2. The van der Waals surface area contributed by atoms with Crippen molar-refractivity contribution in [1.29, 1.82) is 0 Å². The lowest BCUT2D eigenvalue weighted by Gasteiger charge is -2.18.